The maximum Gasteiger partial charge on any atom is 0.0915 e. The second-order valence-electron chi connectivity index (χ2n) is 3.90. The maximum atomic E-state index is 9.87. The van der Waals surface area contributed by atoms with E-state index < -0.39 is 6.10 Å². The van der Waals surface area contributed by atoms with Crippen LogP contribution in [0.15, 0.2) is 18.2 Å². The zero-order valence-electron chi connectivity index (χ0n) is 8.21. The molecule has 2 nitrogen and oxygen atoms in total. The Morgan fingerprint density at radius 3 is 2.40 bits per heavy atom. The van der Waals surface area contributed by atoms with Crippen LogP contribution >= 0.6 is 23.2 Å². The number of aliphatic hydroxyl groups excluding tert-OH is 1. The predicted octanol–water partition coefficient (Wildman–Crippen LogP) is 2.78. The van der Waals surface area contributed by atoms with Crippen LogP contribution in [0.5, 0.6) is 0 Å². The molecule has 1 aromatic rings. The van der Waals surface area contributed by atoms with Gasteiger partial charge < -0.3 is 10.4 Å². The van der Waals surface area contributed by atoms with Gasteiger partial charge in [-0.15, -0.1) is 0 Å². The van der Waals surface area contributed by atoms with E-state index in [0.29, 0.717) is 22.6 Å². The van der Waals surface area contributed by atoms with E-state index in [1.807, 2.05) is 0 Å². The standard InChI is InChI=1S/C11H13Cl2NO/c12-8-3-7(4-9(13)5-8)11(15)6-14-10-1-2-10/h3-5,10-11,14-15H,1-2,6H2. The lowest BCUT2D eigenvalue weighted by molar-refractivity contribution is 0.174. The third-order valence-electron chi connectivity index (χ3n) is 2.45. The van der Waals surface area contributed by atoms with Gasteiger partial charge in [-0.05, 0) is 36.6 Å². The fraction of sp³-hybridized carbons (Fsp3) is 0.455. The van der Waals surface area contributed by atoms with Gasteiger partial charge in [0.25, 0.3) is 0 Å². The van der Waals surface area contributed by atoms with E-state index in [4.69, 9.17) is 23.2 Å². The lowest BCUT2D eigenvalue weighted by Gasteiger charge is -2.12. The fourth-order valence-corrected chi connectivity index (χ4v) is 1.99. The molecule has 2 rings (SSSR count). The molecule has 15 heavy (non-hydrogen) atoms. The zero-order valence-corrected chi connectivity index (χ0v) is 9.72. The second kappa shape index (κ2) is 4.71. The molecule has 0 amide bonds. The molecular formula is C11H13Cl2NO. The maximum absolute atomic E-state index is 9.87. The van der Waals surface area contributed by atoms with Crippen LogP contribution in [0.2, 0.25) is 10.0 Å². The summed E-state index contributed by atoms with van der Waals surface area (Å²) in [5, 5.41) is 14.2. The Bertz CT molecular complexity index is 332. The van der Waals surface area contributed by atoms with E-state index in [-0.39, 0.29) is 0 Å². The van der Waals surface area contributed by atoms with Crippen molar-refractivity contribution < 1.29 is 5.11 Å². The predicted molar refractivity (Wildman–Crippen MR) is 62.4 cm³/mol. The van der Waals surface area contributed by atoms with Crippen LogP contribution in [0, 0.1) is 0 Å². The molecule has 4 heteroatoms. The highest BCUT2D eigenvalue weighted by molar-refractivity contribution is 6.34. The molecule has 0 saturated heterocycles. The van der Waals surface area contributed by atoms with Gasteiger partial charge in [-0.3, -0.25) is 0 Å². The highest BCUT2D eigenvalue weighted by Gasteiger charge is 2.21. The third kappa shape index (κ3) is 3.35. The summed E-state index contributed by atoms with van der Waals surface area (Å²) in [6, 6.07) is 5.74. The van der Waals surface area contributed by atoms with Crippen LogP contribution in [0.3, 0.4) is 0 Å². The van der Waals surface area contributed by atoms with Crippen LogP contribution in [-0.2, 0) is 0 Å². The number of nitrogens with one attached hydrogen (secondary N) is 1. The molecule has 1 aromatic carbocycles. The summed E-state index contributed by atoms with van der Waals surface area (Å²) in [7, 11) is 0. The summed E-state index contributed by atoms with van der Waals surface area (Å²) in [6.45, 7) is 0.557. The number of hydrogen-bond donors (Lipinski definition) is 2. The largest absolute Gasteiger partial charge is 0.387 e. The summed E-state index contributed by atoms with van der Waals surface area (Å²) in [5.74, 6) is 0. The Balaban J connectivity index is 1.99. The molecule has 0 spiro atoms. The molecule has 0 radical (unpaired) electrons. The van der Waals surface area contributed by atoms with Crippen molar-refractivity contribution in [3.63, 3.8) is 0 Å². The topological polar surface area (TPSA) is 32.3 Å². The van der Waals surface area contributed by atoms with Gasteiger partial charge in [-0.25, -0.2) is 0 Å². The first-order valence-electron chi connectivity index (χ1n) is 5.02. The van der Waals surface area contributed by atoms with Gasteiger partial charge in [0.15, 0.2) is 0 Å². The lowest BCUT2D eigenvalue weighted by atomic mass is 10.1. The van der Waals surface area contributed by atoms with Crippen molar-refractivity contribution in [1.82, 2.24) is 5.32 Å². The van der Waals surface area contributed by atoms with Gasteiger partial charge in [0, 0.05) is 22.6 Å². The van der Waals surface area contributed by atoms with Crippen LogP contribution in [0.1, 0.15) is 24.5 Å². The monoisotopic (exact) mass is 245 g/mol. The van der Waals surface area contributed by atoms with E-state index in [9.17, 15) is 5.11 Å². The summed E-state index contributed by atoms with van der Waals surface area (Å²) >= 11 is 11.7. The molecule has 1 aliphatic carbocycles. The van der Waals surface area contributed by atoms with Gasteiger partial charge in [-0.2, -0.15) is 0 Å². The van der Waals surface area contributed by atoms with Crippen molar-refractivity contribution in [3.8, 4) is 0 Å². The molecule has 1 unspecified atom stereocenters. The number of halogens is 2. The molecule has 1 saturated carbocycles. The first-order chi connectivity index (χ1) is 7.15. The smallest absolute Gasteiger partial charge is 0.0915 e. The third-order valence-corrected chi connectivity index (χ3v) is 2.88. The van der Waals surface area contributed by atoms with Gasteiger partial charge in [0.05, 0.1) is 6.10 Å². The Labute approximate surface area is 99.2 Å². The summed E-state index contributed by atoms with van der Waals surface area (Å²) in [6.07, 6.45) is 1.88. The quantitative estimate of drug-likeness (QED) is 0.856. The first kappa shape index (κ1) is 11.2. The van der Waals surface area contributed by atoms with Crippen molar-refractivity contribution in [1.29, 1.82) is 0 Å². The van der Waals surface area contributed by atoms with Crippen LogP contribution in [0.25, 0.3) is 0 Å². The SMILES string of the molecule is OC(CNC1CC1)c1cc(Cl)cc(Cl)c1. The minimum Gasteiger partial charge on any atom is -0.387 e. The van der Waals surface area contributed by atoms with Crippen LogP contribution in [-0.4, -0.2) is 17.7 Å². The number of benzene rings is 1. The van der Waals surface area contributed by atoms with E-state index in [2.05, 4.69) is 5.32 Å². The Kier molecular flexibility index (Phi) is 3.52. The number of aliphatic hydroxyl groups is 1. The van der Waals surface area contributed by atoms with E-state index in [1.165, 1.54) is 12.8 Å². The molecule has 1 fully saturated rings. The summed E-state index contributed by atoms with van der Waals surface area (Å²) in [4.78, 5) is 0. The molecule has 0 bridgehead atoms. The second-order valence-corrected chi connectivity index (χ2v) is 4.77. The molecular weight excluding hydrogens is 233 g/mol. The first-order valence-corrected chi connectivity index (χ1v) is 5.78. The Morgan fingerprint density at radius 1 is 1.27 bits per heavy atom. The Morgan fingerprint density at radius 2 is 1.87 bits per heavy atom. The van der Waals surface area contributed by atoms with Crippen molar-refractivity contribution in [2.24, 2.45) is 0 Å². The normalized spacial score (nSPS) is 17.8. The minimum absolute atomic E-state index is 0.540. The molecule has 0 aromatic heterocycles. The van der Waals surface area contributed by atoms with Crippen molar-refractivity contribution in [2.75, 3.05) is 6.54 Å². The van der Waals surface area contributed by atoms with Crippen LogP contribution < -0.4 is 5.32 Å². The van der Waals surface area contributed by atoms with Crippen LogP contribution in [0.4, 0.5) is 0 Å². The molecule has 1 atom stereocenters. The average Bonchev–Trinajstić information content (AvgIpc) is 2.96. The number of rotatable bonds is 4. The summed E-state index contributed by atoms with van der Waals surface area (Å²) < 4.78 is 0. The van der Waals surface area contributed by atoms with Crippen molar-refractivity contribution >= 4 is 23.2 Å². The highest BCUT2D eigenvalue weighted by atomic mass is 35.5. The Hall–Kier alpha value is -0.280. The number of hydrogen-bond acceptors (Lipinski definition) is 2. The van der Waals surface area contributed by atoms with Gasteiger partial charge >= 0.3 is 0 Å². The van der Waals surface area contributed by atoms with Crippen molar-refractivity contribution in [3.05, 3.63) is 33.8 Å². The zero-order chi connectivity index (χ0) is 10.8. The van der Waals surface area contributed by atoms with Crippen molar-refractivity contribution in [2.45, 2.75) is 25.0 Å². The summed E-state index contributed by atoms with van der Waals surface area (Å²) in [5.41, 5.74) is 0.764. The molecule has 0 aliphatic heterocycles. The molecule has 1 aliphatic rings. The highest BCUT2D eigenvalue weighted by Crippen LogP contribution is 2.24. The lowest BCUT2D eigenvalue weighted by Crippen LogP contribution is -2.23. The van der Waals surface area contributed by atoms with Gasteiger partial charge in [0.1, 0.15) is 0 Å². The van der Waals surface area contributed by atoms with E-state index in [0.717, 1.165) is 5.56 Å². The van der Waals surface area contributed by atoms with E-state index >= 15 is 0 Å². The minimum atomic E-state index is -0.540. The molecule has 82 valence electrons. The fourth-order valence-electron chi connectivity index (χ4n) is 1.45. The van der Waals surface area contributed by atoms with Gasteiger partial charge in [0.2, 0.25) is 0 Å². The van der Waals surface area contributed by atoms with Gasteiger partial charge in [-0.1, -0.05) is 23.2 Å². The molecule has 0 heterocycles. The molecule has 2 N–H and O–H groups in total. The average molecular weight is 246 g/mol. The van der Waals surface area contributed by atoms with E-state index in [1.54, 1.807) is 18.2 Å².